The Labute approximate surface area is 116 Å². The molecule has 1 aromatic heterocycles. The smallest absolute Gasteiger partial charge is 0.256 e. The number of aromatic nitrogens is 1. The highest BCUT2D eigenvalue weighted by Crippen LogP contribution is 2.23. The van der Waals surface area contributed by atoms with Crippen molar-refractivity contribution in [1.82, 2.24) is 14.8 Å². The molecule has 0 spiro atoms. The fourth-order valence-electron chi connectivity index (χ4n) is 2.46. The number of likely N-dealkylation sites (N-methyl/N-ethyl adjacent to an activating group) is 1. The van der Waals surface area contributed by atoms with E-state index < -0.39 is 0 Å². The van der Waals surface area contributed by atoms with Crippen LogP contribution >= 0.6 is 11.6 Å². The summed E-state index contributed by atoms with van der Waals surface area (Å²) in [6.45, 7) is 3.44. The number of fused-ring (bicyclic) bond motifs is 1. The highest BCUT2D eigenvalue weighted by Gasteiger charge is 2.22. The lowest BCUT2D eigenvalue weighted by Crippen LogP contribution is -2.47. The molecular weight excluding hydrogens is 262 g/mol. The van der Waals surface area contributed by atoms with Crippen LogP contribution in [0.3, 0.4) is 0 Å². The summed E-state index contributed by atoms with van der Waals surface area (Å²) >= 11 is 5.95. The van der Waals surface area contributed by atoms with E-state index in [0.717, 1.165) is 42.6 Å². The van der Waals surface area contributed by atoms with Crippen molar-refractivity contribution in [3.05, 3.63) is 35.0 Å². The van der Waals surface area contributed by atoms with Crippen molar-refractivity contribution in [2.45, 2.75) is 0 Å². The minimum absolute atomic E-state index is 0.0988. The third-order valence-corrected chi connectivity index (χ3v) is 3.90. The van der Waals surface area contributed by atoms with E-state index in [1.54, 1.807) is 6.20 Å². The number of amides is 1. The summed E-state index contributed by atoms with van der Waals surface area (Å²) < 4.78 is 0. The van der Waals surface area contributed by atoms with Gasteiger partial charge in [0.1, 0.15) is 0 Å². The molecule has 1 amide bonds. The largest absolute Gasteiger partial charge is 0.360 e. The van der Waals surface area contributed by atoms with Crippen molar-refractivity contribution >= 4 is 28.4 Å². The van der Waals surface area contributed by atoms with Crippen molar-refractivity contribution in [3.8, 4) is 0 Å². The first-order valence-corrected chi connectivity index (χ1v) is 6.77. The van der Waals surface area contributed by atoms with Crippen LogP contribution in [0.25, 0.3) is 10.9 Å². The molecule has 4 nitrogen and oxygen atoms in total. The molecular formula is C14H16ClN3O. The van der Waals surface area contributed by atoms with Gasteiger partial charge in [0.25, 0.3) is 5.91 Å². The van der Waals surface area contributed by atoms with Crippen LogP contribution < -0.4 is 0 Å². The van der Waals surface area contributed by atoms with E-state index in [2.05, 4.69) is 16.9 Å². The predicted molar refractivity (Wildman–Crippen MR) is 76.7 cm³/mol. The maximum absolute atomic E-state index is 12.5. The first-order valence-electron chi connectivity index (χ1n) is 6.39. The molecule has 100 valence electrons. The van der Waals surface area contributed by atoms with Crippen molar-refractivity contribution in [3.63, 3.8) is 0 Å². The zero-order valence-electron chi connectivity index (χ0n) is 10.8. The van der Waals surface area contributed by atoms with Crippen LogP contribution in [0.15, 0.2) is 24.4 Å². The minimum atomic E-state index is 0.0988. The summed E-state index contributed by atoms with van der Waals surface area (Å²) in [5.41, 5.74) is 1.64. The van der Waals surface area contributed by atoms with Crippen LogP contribution in [0, 0.1) is 0 Å². The Bertz CT molecular complexity index is 614. The SMILES string of the molecule is CN1CCN(C(=O)c2c[nH]c3cc(Cl)ccc23)CC1. The number of benzene rings is 1. The number of rotatable bonds is 1. The Morgan fingerprint density at radius 2 is 2.00 bits per heavy atom. The number of hydrogen-bond acceptors (Lipinski definition) is 2. The fourth-order valence-corrected chi connectivity index (χ4v) is 2.63. The molecule has 2 aromatic rings. The first-order chi connectivity index (χ1) is 9.15. The lowest BCUT2D eigenvalue weighted by atomic mass is 10.1. The molecule has 2 heterocycles. The molecule has 1 saturated heterocycles. The molecule has 3 rings (SSSR count). The normalized spacial score (nSPS) is 17.1. The van der Waals surface area contributed by atoms with E-state index in [1.807, 2.05) is 23.1 Å². The van der Waals surface area contributed by atoms with Gasteiger partial charge >= 0.3 is 0 Å². The molecule has 0 bridgehead atoms. The second kappa shape index (κ2) is 4.87. The van der Waals surface area contributed by atoms with Gasteiger partial charge < -0.3 is 14.8 Å². The van der Waals surface area contributed by atoms with Crippen molar-refractivity contribution in [1.29, 1.82) is 0 Å². The first kappa shape index (κ1) is 12.5. The molecule has 1 N–H and O–H groups in total. The number of nitrogens with zero attached hydrogens (tertiary/aromatic N) is 2. The van der Waals surface area contributed by atoms with Crippen molar-refractivity contribution in [2.24, 2.45) is 0 Å². The number of H-pyrrole nitrogens is 1. The Hall–Kier alpha value is -1.52. The van der Waals surface area contributed by atoms with Gasteiger partial charge in [-0.3, -0.25) is 4.79 Å². The van der Waals surface area contributed by atoms with Crippen LogP contribution in [0.1, 0.15) is 10.4 Å². The molecule has 1 aromatic carbocycles. The highest BCUT2D eigenvalue weighted by atomic mass is 35.5. The second-order valence-electron chi connectivity index (χ2n) is 4.99. The molecule has 0 aliphatic carbocycles. The molecule has 0 radical (unpaired) electrons. The van der Waals surface area contributed by atoms with Crippen LogP contribution in [0.2, 0.25) is 5.02 Å². The zero-order chi connectivity index (χ0) is 13.4. The Kier molecular flexibility index (Phi) is 3.21. The van der Waals surface area contributed by atoms with Crippen molar-refractivity contribution in [2.75, 3.05) is 33.2 Å². The molecule has 5 heteroatoms. The van der Waals surface area contributed by atoms with Crippen LogP contribution in [-0.2, 0) is 0 Å². The summed E-state index contributed by atoms with van der Waals surface area (Å²) in [4.78, 5) is 19.8. The fraction of sp³-hybridized carbons (Fsp3) is 0.357. The number of aromatic amines is 1. The third-order valence-electron chi connectivity index (χ3n) is 3.66. The molecule has 1 aliphatic rings. The number of carbonyl (C=O) groups excluding carboxylic acids is 1. The molecule has 0 unspecified atom stereocenters. The lowest BCUT2D eigenvalue weighted by molar-refractivity contribution is 0.0666. The van der Waals surface area contributed by atoms with Crippen LogP contribution in [0.4, 0.5) is 0 Å². The Morgan fingerprint density at radius 1 is 1.26 bits per heavy atom. The van der Waals surface area contributed by atoms with E-state index >= 15 is 0 Å². The van der Waals surface area contributed by atoms with E-state index in [4.69, 9.17) is 11.6 Å². The summed E-state index contributed by atoms with van der Waals surface area (Å²) in [6.07, 6.45) is 1.78. The zero-order valence-corrected chi connectivity index (χ0v) is 11.6. The summed E-state index contributed by atoms with van der Waals surface area (Å²) in [7, 11) is 2.08. The molecule has 1 fully saturated rings. The topological polar surface area (TPSA) is 39.3 Å². The van der Waals surface area contributed by atoms with Gasteiger partial charge in [0.05, 0.1) is 5.56 Å². The van der Waals surface area contributed by atoms with Gasteiger partial charge in [0.15, 0.2) is 0 Å². The van der Waals surface area contributed by atoms with Crippen molar-refractivity contribution < 1.29 is 4.79 Å². The van der Waals surface area contributed by atoms with Gasteiger partial charge in [-0.25, -0.2) is 0 Å². The monoisotopic (exact) mass is 277 g/mol. The maximum atomic E-state index is 12.5. The number of carbonyl (C=O) groups is 1. The van der Waals surface area contributed by atoms with E-state index in [1.165, 1.54) is 0 Å². The predicted octanol–water partition coefficient (Wildman–Crippen LogP) is 2.21. The average molecular weight is 278 g/mol. The van der Waals surface area contributed by atoms with Gasteiger partial charge in [-0.05, 0) is 19.2 Å². The molecule has 0 atom stereocenters. The number of piperazine rings is 1. The van der Waals surface area contributed by atoms with Gasteiger partial charge in [-0.2, -0.15) is 0 Å². The third kappa shape index (κ3) is 2.33. The number of halogens is 1. The number of nitrogens with one attached hydrogen (secondary N) is 1. The van der Waals surface area contributed by atoms with E-state index in [-0.39, 0.29) is 5.91 Å². The van der Waals surface area contributed by atoms with E-state index in [9.17, 15) is 4.79 Å². The van der Waals surface area contributed by atoms with E-state index in [0.29, 0.717) is 5.02 Å². The Morgan fingerprint density at radius 3 is 2.74 bits per heavy atom. The van der Waals surface area contributed by atoms with Crippen LogP contribution in [0.5, 0.6) is 0 Å². The summed E-state index contributed by atoms with van der Waals surface area (Å²) in [5, 5.41) is 1.61. The molecule has 19 heavy (non-hydrogen) atoms. The standard InChI is InChI=1S/C14H16ClN3O/c1-17-4-6-18(7-5-17)14(19)12-9-16-13-8-10(15)2-3-11(12)13/h2-3,8-9,16H,4-7H2,1H3. The highest BCUT2D eigenvalue weighted by molar-refractivity contribution is 6.31. The van der Waals surface area contributed by atoms with Gasteiger partial charge in [0, 0.05) is 48.3 Å². The minimum Gasteiger partial charge on any atom is -0.360 e. The van der Waals surface area contributed by atoms with Gasteiger partial charge in [0.2, 0.25) is 0 Å². The quantitative estimate of drug-likeness (QED) is 0.868. The van der Waals surface area contributed by atoms with Gasteiger partial charge in [-0.1, -0.05) is 17.7 Å². The maximum Gasteiger partial charge on any atom is 0.256 e. The van der Waals surface area contributed by atoms with Crippen LogP contribution in [-0.4, -0.2) is 53.9 Å². The number of hydrogen-bond donors (Lipinski definition) is 1. The molecule has 0 saturated carbocycles. The second-order valence-corrected chi connectivity index (χ2v) is 5.42. The summed E-state index contributed by atoms with van der Waals surface area (Å²) in [6, 6.07) is 5.56. The summed E-state index contributed by atoms with van der Waals surface area (Å²) in [5.74, 6) is 0.0988. The molecule has 1 aliphatic heterocycles. The Balaban J connectivity index is 1.89. The van der Waals surface area contributed by atoms with Gasteiger partial charge in [-0.15, -0.1) is 0 Å². The lowest BCUT2D eigenvalue weighted by Gasteiger charge is -2.32. The average Bonchev–Trinajstić information content (AvgIpc) is 2.81.